The van der Waals surface area contributed by atoms with E-state index in [2.05, 4.69) is 15.9 Å². The fourth-order valence-electron chi connectivity index (χ4n) is 0.806. The maximum Gasteiger partial charge on any atom is 0.152 e. The third kappa shape index (κ3) is 1.55. The molecule has 0 N–H and O–H groups in total. The minimum absolute atomic E-state index is 0.342. The Labute approximate surface area is 83.8 Å². The zero-order valence-corrected chi connectivity index (χ0v) is 8.61. The highest BCUT2D eigenvalue weighted by molar-refractivity contribution is 9.10. The first kappa shape index (κ1) is 9.37. The van der Waals surface area contributed by atoms with Gasteiger partial charge < -0.3 is 4.74 Å². The Kier molecular flexibility index (Phi) is 2.96. The van der Waals surface area contributed by atoms with Crippen molar-refractivity contribution in [1.82, 2.24) is 0 Å². The molecule has 0 saturated carbocycles. The van der Waals surface area contributed by atoms with Gasteiger partial charge in [0.2, 0.25) is 0 Å². The van der Waals surface area contributed by atoms with Crippen molar-refractivity contribution in [2.45, 2.75) is 0 Å². The summed E-state index contributed by atoms with van der Waals surface area (Å²) in [6.07, 6.45) is 0. The molecule has 0 bridgehead atoms. The Balaban J connectivity index is 3.36. The first-order valence-electron chi connectivity index (χ1n) is 3.12. The summed E-state index contributed by atoms with van der Waals surface area (Å²) in [7, 11) is 1.51. The van der Waals surface area contributed by atoms with Gasteiger partial charge in [-0.2, -0.15) is 5.26 Å². The van der Waals surface area contributed by atoms with E-state index >= 15 is 0 Å². The zero-order chi connectivity index (χ0) is 9.14. The second kappa shape index (κ2) is 3.79. The van der Waals surface area contributed by atoms with Crippen LogP contribution in [-0.4, -0.2) is 7.11 Å². The van der Waals surface area contributed by atoms with Gasteiger partial charge in [-0.3, -0.25) is 0 Å². The van der Waals surface area contributed by atoms with Crippen molar-refractivity contribution in [3.8, 4) is 11.8 Å². The first-order valence-corrected chi connectivity index (χ1v) is 4.30. The lowest BCUT2D eigenvalue weighted by Gasteiger charge is -2.05. The molecule has 0 aromatic heterocycles. The summed E-state index contributed by atoms with van der Waals surface area (Å²) in [6.45, 7) is 0. The summed E-state index contributed by atoms with van der Waals surface area (Å²) in [5, 5.41) is 8.97. The van der Waals surface area contributed by atoms with Crippen LogP contribution in [0.1, 0.15) is 5.56 Å². The minimum atomic E-state index is 0.342. The van der Waals surface area contributed by atoms with E-state index in [-0.39, 0.29) is 0 Å². The molecule has 62 valence electrons. The molecule has 12 heavy (non-hydrogen) atoms. The maximum atomic E-state index is 8.62. The van der Waals surface area contributed by atoms with Crippen LogP contribution in [0, 0.1) is 11.3 Å². The van der Waals surface area contributed by atoms with Crippen molar-refractivity contribution in [2.75, 3.05) is 7.11 Å². The van der Waals surface area contributed by atoms with Gasteiger partial charge in [0.15, 0.2) is 5.75 Å². The first-order chi connectivity index (χ1) is 5.70. The molecule has 2 nitrogen and oxygen atoms in total. The highest BCUT2D eigenvalue weighted by Crippen LogP contribution is 2.34. The van der Waals surface area contributed by atoms with Gasteiger partial charge in [0.1, 0.15) is 11.1 Å². The number of hydrogen-bond donors (Lipinski definition) is 0. The normalized spacial score (nSPS) is 9.17. The summed E-state index contributed by atoms with van der Waals surface area (Å²) >= 11 is 9.09. The third-order valence-electron chi connectivity index (χ3n) is 1.37. The lowest BCUT2D eigenvalue weighted by atomic mass is 10.2. The van der Waals surface area contributed by atoms with Crippen LogP contribution in [0.15, 0.2) is 16.6 Å². The molecular weight excluding hydrogens is 241 g/mol. The van der Waals surface area contributed by atoms with Crippen molar-refractivity contribution >= 4 is 27.5 Å². The molecule has 1 aromatic rings. The van der Waals surface area contributed by atoms with Gasteiger partial charge in [-0.25, -0.2) is 0 Å². The lowest BCUT2D eigenvalue weighted by Crippen LogP contribution is -1.88. The van der Waals surface area contributed by atoms with E-state index in [0.717, 1.165) is 4.47 Å². The van der Waals surface area contributed by atoms with Gasteiger partial charge in [-0.15, -0.1) is 0 Å². The van der Waals surface area contributed by atoms with Crippen LogP contribution in [0.2, 0.25) is 5.02 Å². The molecule has 4 heteroatoms. The number of hydrogen-bond acceptors (Lipinski definition) is 2. The largest absolute Gasteiger partial charge is 0.494 e. The molecule has 0 radical (unpaired) electrons. The minimum Gasteiger partial charge on any atom is -0.494 e. The Bertz CT molecular complexity index is 346. The van der Waals surface area contributed by atoms with Crippen LogP contribution in [0.25, 0.3) is 0 Å². The molecule has 0 spiro atoms. The quantitative estimate of drug-likeness (QED) is 0.763. The summed E-state index contributed by atoms with van der Waals surface area (Å²) in [5.74, 6) is 0.496. The van der Waals surface area contributed by atoms with E-state index in [1.807, 2.05) is 6.07 Å². The summed E-state index contributed by atoms with van der Waals surface area (Å²) in [6, 6.07) is 5.32. The molecular formula is C8H5BrClNO. The average Bonchev–Trinajstić information content (AvgIpc) is 2.06. The highest BCUT2D eigenvalue weighted by atomic mass is 79.9. The van der Waals surface area contributed by atoms with E-state index in [9.17, 15) is 0 Å². The van der Waals surface area contributed by atoms with Crippen LogP contribution in [0.3, 0.4) is 0 Å². The zero-order valence-electron chi connectivity index (χ0n) is 6.27. The molecule has 0 atom stereocenters. The third-order valence-corrected chi connectivity index (χ3v) is 2.37. The smallest absolute Gasteiger partial charge is 0.152 e. The van der Waals surface area contributed by atoms with Crippen LogP contribution in [0.5, 0.6) is 5.75 Å². The molecule has 0 aliphatic rings. The SMILES string of the molecule is COc1c(Br)ccc(C#N)c1Cl. The second-order valence-electron chi connectivity index (χ2n) is 2.05. The Morgan fingerprint density at radius 1 is 1.58 bits per heavy atom. The Hall–Kier alpha value is -0.720. The van der Waals surface area contributed by atoms with Crippen LogP contribution >= 0.6 is 27.5 Å². The average molecular weight is 246 g/mol. The molecule has 0 heterocycles. The van der Waals surface area contributed by atoms with E-state index < -0.39 is 0 Å². The Morgan fingerprint density at radius 2 is 2.25 bits per heavy atom. The van der Waals surface area contributed by atoms with Gasteiger partial charge in [-0.05, 0) is 28.1 Å². The molecule has 0 fully saturated rings. The summed E-state index contributed by atoms with van der Waals surface area (Å²) in [4.78, 5) is 0. The summed E-state index contributed by atoms with van der Waals surface area (Å²) in [5.41, 5.74) is 0.414. The number of nitriles is 1. The van der Waals surface area contributed by atoms with Crippen LogP contribution in [0.4, 0.5) is 0 Å². The van der Waals surface area contributed by atoms with Crippen LogP contribution < -0.4 is 4.74 Å². The van der Waals surface area contributed by atoms with Gasteiger partial charge in [0.05, 0.1) is 17.1 Å². The van der Waals surface area contributed by atoms with Gasteiger partial charge in [0, 0.05) is 0 Å². The molecule has 0 saturated heterocycles. The molecule has 0 aliphatic carbocycles. The number of ether oxygens (including phenoxy) is 1. The molecule has 0 amide bonds. The fraction of sp³-hybridized carbons (Fsp3) is 0.125. The van der Waals surface area contributed by atoms with Gasteiger partial charge in [0.25, 0.3) is 0 Å². The van der Waals surface area contributed by atoms with Gasteiger partial charge >= 0.3 is 0 Å². The van der Waals surface area contributed by atoms with E-state index in [1.165, 1.54) is 7.11 Å². The lowest BCUT2D eigenvalue weighted by molar-refractivity contribution is 0.412. The molecule has 1 rings (SSSR count). The van der Waals surface area contributed by atoms with E-state index in [1.54, 1.807) is 12.1 Å². The number of methoxy groups -OCH3 is 1. The monoisotopic (exact) mass is 245 g/mol. The predicted octanol–water partition coefficient (Wildman–Crippen LogP) is 2.98. The van der Waals surface area contributed by atoms with Crippen molar-refractivity contribution in [2.24, 2.45) is 0 Å². The topological polar surface area (TPSA) is 33.0 Å². The maximum absolute atomic E-state index is 8.62. The number of benzene rings is 1. The molecule has 1 aromatic carbocycles. The van der Waals surface area contributed by atoms with Crippen molar-refractivity contribution in [1.29, 1.82) is 5.26 Å². The highest BCUT2D eigenvalue weighted by Gasteiger charge is 2.09. The summed E-state index contributed by atoms with van der Waals surface area (Å²) < 4.78 is 5.73. The number of rotatable bonds is 1. The second-order valence-corrected chi connectivity index (χ2v) is 3.29. The van der Waals surface area contributed by atoms with Crippen molar-refractivity contribution in [3.05, 3.63) is 27.2 Å². The standard InChI is InChI=1S/C8H5BrClNO/c1-12-8-6(9)3-2-5(4-11)7(8)10/h2-3H,1H3. The molecule has 0 aliphatic heterocycles. The number of halogens is 2. The fourth-order valence-corrected chi connectivity index (χ4v) is 1.70. The van der Waals surface area contributed by atoms with Crippen LogP contribution in [-0.2, 0) is 0 Å². The van der Waals surface area contributed by atoms with E-state index in [0.29, 0.717) is 16.3 Å². The predicted molar refractivity (Wildman–Crippen MR) is 50.4 cm³/mol. The Morgan fingerprint density at radius 3 is 2.75 bits per heavy atom. The van der Waals surface area contributed by atoms with E-state index in [4.69, 9.17) is 21.6 Å². The van der Waals surface area contributed by atoms with Gasteiger partial charge in [-0.1, -0.05) is 11.6 Å². The number of nitrogens with zero attached hydrogens (tertiary/aromatic N) is 1. The van der Waals surface area contributed by atoms with Crippen molar-refractivity contribution in [3.63, 3.8) is 0 Å². The van der Waals surface area contributed by atoms with Crippen molar-refractivity contribution < 1.29 is 4.74 Å². The molecule has 0 unspecified atom stereocenters.